The first kappa shape index (κ1) is 25.9. The van der Waals surface area contributed by atoms with Crippen molar-refractivity contribution in [1.82, 2.24) is 0 Å². The molecule has 7 heteroatoms. The van der Waals surface area contributed by atoms with Gasteiger partial charge in [-0.15, -0.1) is 0 Å². The van der Waals surface area contributed by atoms with Crippen molar-refractivity contribution < 1.29 is 23.9 Å². The summed E-state index contributed by atoms with van der Waals surface area (Å²) in [5, 5.41) is 2.73. The van der Waals surface area contributed by atoms with Crippen LogP contribution in [0.1, 0.15) is 38.3 Å². The zero-order chi connectivity index (χ0) is 26.6. The van der Waals surface area contributed by atoms with Gasteiger partial charge in [0, 0.05) is 24.3 Å². The molecule has 1 fully saturated rings. The molecule has 37 heavy (non-hydrogen) atoms. The summed E-state index contributed by atoms with van der Waals surface area (Å²) in [4.78, 5) is 38.9. The molecule has 0 bridgehead atoms. The van der Waals surface area contributed by atoms with Gasteiger partial charge in [-0.25, -0.2) is 0 Å². The van der Waals surface area contributed by atoms with E-state index in [9.17, 15) is 14.4 Å². The van der Waals surface area contributed by atoms with Crippen molar-refractivity contribution in [2.24, 2.45) is 5.92 Å². The van der Waals surface area contributed by atoms with Crippen LogP contribution in [0.5, 0.6) is 11.5 Å². The molecule has 0 unspecified atom stereocenters. The van der Waals surface area contributed by atoms with E-state index in [2.05, 4.69) is 38.2 Å². The first-order valence-corrected chi connectivity index (χ1v) is 12.3. The number of ether oxygens (including phenoxy) is 2. The van der Waals surface area contributed by atoms with E-state index in [-0.39, 0.29) is 24.3 Å². The summed E-state index contributed by atoms with van der Waals surface area (Å²) in [5.74, 6) is -0.405. The first-order chi connectivity index (χ1) is 17.6. The maximum atomic E-state index is 12.6. The molecule has 0 aliphatic carbocycles. The molecule has 1 aliphatic heterocycles. The summed E-state index contributed by atoms with van der Waals surface area (Å²) in [6.45, 7) is 8.16. The van der Waals surface area contributed by atoms with E-state index in [0.717, 1.165) is 11.3 Å². The highest BCUT2D eigenvalue weighted by Crippen LogP contribution is 2.30. The monoisotopic (exact) mass is 500 g/mol. The number of hydrogen-bond acceptors (Lipinski definition) is 5. The Balaban J connectivity index is 1.29. The highest BCUT2D eigenvalue weighted by Gasteiger charge is 2.36. The van der Waals surface area contributed by atoms with E-state index in [1.165, 1.54) is 5.56 Å². The van der Waals surface area contributed by atoms with Crippen LogP contribution in [0.25, 0.3) is 0 Å². The number of carbonyl (C=O) groups is 3. The molecule has 1 aliphatic rings. The quantitative estimate of drug-likeness (QED) is 0.426. The van der Waals surface area contributed by atoms with Gasteiger partial charge in [0.1, 0.15) is 11.5 Å². The fourth-order valence-electron chi connectivity index (χ4n) is 4.12. The SMILES string of the molecule is Cc1ccccc1NC(=O)COC(=O)[C@@H]1CC(=O)N(c2ccc(Oc3ccc(C(C)(C)C)cc3)cc2)C1. The number of benzene rings is 3. The fraction of sp³-hybridized carbons (Fsp3) is 0.300. The molecule has 0 saturated carbocycles. The lowest BCUT2D eigenvalue weighted by Gasteiger charge is -2.19. The van der Waals surface area contributed by atoms with Crippen molar-refractivity contribution >= 4 is 29.2 Å². The van der Waals surface area contributed by atoms with Crippen molar-refractivity contribution in [1.29, 1.82) is 0 Å². The van der Waals surface area contributed by atoms with Gasteiger partial charge < -0.3 is 19.7 Å². The third-order valence-corrected chi connectivity index (χ3v) is 6.33. The Labute approximate surface area is 217 Å². The summed E-state index contributed by atoms with van der Waals surface area (Å²) in [6.07, 6.45) is 0.0383. The number of para-hydroxylation sites is 1. The minimum Gasteiger partial charge on any atom is -0.457 e. The number of carbonyl (C=O) groups excluding carboxylic acids is 3. The second-order valence-corrected chi connectivity index (χ2v) is 10.2. The van der Waals surface area contributed by atoms with Gasteiger partial charge in [0.2, 0.25) is 5.91 Å². The molecule has 2 amide bonds. The summed E-state index contributed by atoms with van der Waals surface area (Å²) >= 11 is 0. The second kappa shape index (κ2) is 10.9. The lowest BCUT2D eigenvalue weighted by Crippen LogP contribution is -2.28. The third-order valence-electron chi connectivity index (χ3n) is 6.33. The molecule has 192 valence electrons. The number of nitrogens with zero attached hydrogens (tertiary/aromatic N) is 1. The van der Waals surface area contributed by atoms with Crippen LogP contribution in [-0.4, -0.2) is 30.9 Å². The first-order valence-electron chi connectivity index (χ1n) is 12.3. The average molecular weight is 501 g/mol. The van der Waals surface area contributed by atoms with Crippen molar-refractivity contribution in [2.45, 2.75) is 39.5 Å². The Kier molecular flexibility index (Phi) is 7.62. The van der Waals surface area contributed by atoms with Gasteiger partial charge in [0.05, 0.1) is 5.92 Å². The van der Waals surface area contributed by atoms with E-state index in [1.54, 1.807) is 35.2 Å². The zero-order valence-corrected chi connectivity index (χ0v) is 21.6. The predicted molar refractivity (Wildman–Crippen MR) is 143 cm³/mol. The predicted octanol–water partition coefficient (Wildman–Crippen LogP) is 5.62. The lowest BCUT2D eigenvalue weighted by atomic mass is 9.87. The minimum absolute atomic E-state index is 0.0383. The van der Waals surface area contributed by atoms with Crippen LogP contribution in [0.2, 0.25) is 0 Å². The maximum absolute atomic E-state index is 12.6. The number of esters is 1. The molecule has 1 N–H and O–H groups in total. The molecule has 1 saturated heterocycles. The Hall–Kier alpha value is -4.13. The minimum atomic E-state index is -0.629. The molecule has 1 atom stereocenters. The van der Waals surface area contributed by atoms with Gasteiger partial charge in [-0.05, 0) is 65.9 Å². The van der Waals surface area contributed by atoms with Crippen molar-refractivity contribution in [3.63, 3.8) is 0 Å². The Morgan fingerprint density at radius 1 is 0.946 bits per heavy atom. The highest BCUT2D eigenvalue weighted by atomic mass is 16.5. The van der Waals surface area contributed by atoms with Crippen molar-refractivity contribution in [2.75, 3.05) is 23.4 Å². The fourth-order valence-corrected chi connectivity index (χ4v) is 4.12. The summed E-state index contributed by atoms with van der Waals surface area (Å²) in [6, 6.07) is 22.5. The van der Waals surface area contributed by atoms with Gasteiger partial charge in [0.15, 0.2) is 6.61 Å². The van der Waals surface area contributed by atoms with Crippen LogP contribution in [0.15, 0.2) is 72.8 Å². The van der Waals surface area contributed by atoms with E-state index in [0.29, 0.717) is 17.1 Å². The average Bonchev–Trinajstić information content (AvgIpc) is 3.26. The normalized spacial score (nSPS) is 15.4. The van der Waals surface area contributed by atoms with E-state index in [4.69, 9.17) is 9.47 Å². The van der Waals surface area contributed by atoms with Crippen LogP contribution in [0.3, 0.4) is 0 Å². The van der Waals surface area contributed by atoms with E-state index >= 15 is 0 Å². The molecular weight excluding hydrogens is 468 g/mol. The van der Waals surface area contributed by atoms with Gasteiger partial charge >= 0.3 is 5.97 Å². The van der Waals surface area contributed by atoms with E-state index in [1.807, 2.05) is 37.3 Å². The van der Waals surface area contributed by atoms with Crippen LogP contribution in [0.4, 0.5) is 11.4 Å². The van der Waals surface area contributed by atoms with Crippen LogP contribution in [-0.2, 0) is 24.5 Å². The summed E-state index contributed by atoms with van der Waals surface area (Å²) in [5.41, 5.74) is 3.55. The molecule has 1 heterocycles. The number of rotatable bonds is 7. The second-order valence-electron chi connectivity index (χ2n) is 10.2. The molecule has 3 aromatic carbocycles. The van der Waals surface area contributed by atoms with Crippen molar-refractivity contribution in [3.8, 4) is 11.5 Å². The molecule has 4 rings (SSSR count). The van der Waals surface area contributed by atoms with Crippen LogP contribution >= 0.6 is 0 Å². The van der Waals surface area contributed by atoms with Crippen molar-refractivity contribution in [3.05, 3.63) is 83.9 Å². The number of anilines is 2. The largest absolute Gasteiger partial charge is 0.457 e. The van der Waals surface area contributed by atoms with Crippen LogP contribution in [0, 0.1) is 12.8 Å². The number of aryl methyl sites for hydroxylation is 1. The Morgan fingerprint density at radius 3 is 2.19 bits per heavy atom. The Morgan fingerprint density at radius 2 is 1.57 bits per heavy atom. The lowest BCUT2D eigenvalue weighted by molar-refractivity contribution is -0.151. The smallest absolute Gasteiger partial charge is 0.311 e. The number of amides is 2. The van der Waals surface area contributed by atoms with Gasteiger partial charge in [-0.1, -0.05) is 51.1 Å². The highest BCUT2D eigenvalue weighted by molar-refractivity contribution is 6.00. The summed E-state index contributed by atoms with van der Waals surface area (Å²) in [7, 11) is 0. The molecule has 0 radical (unpaired) electrons. The van der Waals surface area contributed by atoms with E-state index < -0.39 is 24.4 Å². The van der Waals surface area contributed by atoms with Gasteiger partial charge in [0.25, 0.3) is 5.91 Å². The Bertz CT molecular complexity index is 1280. The standard InChI is InChI=1S/C30H32N2O5/c1-20-7-5-6-8-26(20)31-27(33)19-36-29(35)21-17-28(34)32(18-21)23-11-15-25(16-12-23)37-24-13-9-22(10-14-24)30(2,3)4/h5-16,21H,17-19H2,1-4H3,(H,31,33)/t21-/m1/s1. The summed E-state index contributed by atoms with van der Waals surface area (Å²) < 4.78 is 11.1. The topological polar surface area (TPSA) is 84.9 Å². The zero-order valence-electron chi connectivity index (χ0n) is 21.6. The van der Waals surface area contributed by atoms with Gasteiger partial charge in [-0.3, -0.25) is 14.4 Å². The number of hydrogen-bond donors (Lipinski definition) is 1. The third kappa shape index (κ3) is 6.55. The molecule has 0 spiro atoms. The van der Waals surface area contributed by atoms with Gasteiger partial charge in [-0.2, -0.15) is 0 Å². The number of nitrogens with one attached hydrogen (secondary N) is 1. The van der Waals surface area contributed by atoms with Crippen LogP contribution < -0.4 is 15.0 Å². The maximum Gasteiger partial charge on any atom is 0.311 e. The molecule has 3 aromatic rings. The molecular formula is C30H32N2O5. The molecule has 7 nitrogen and oxygen atoms in total. The molecule has 0 aromatic heterocycles.